The lowest BCUT2D eigenvalue weighted by Crippen LogP contribution is -2.14. The van der Waals surface area contributed by atoms with Crippen LogP contribution in [-0.2, 0) is 4.79 Å². The van der Waals surface area contributed by atoms with Gasteiger partial charge in [-0.3, -0.25) is 4.79 Å². The number of methoxy groups -OCH3 is 1. The number of hydrogen-bond donors (Lipinski definition) is 0. The van der Waals surface area contributed by atoms with Gasteiger partial charge in [-0.2, -0.15) is 0 Å². The topological polar surface area (TPSA) is 65.7 Å². The number of carbonyl (C=O) groups is 1. The Labute approximate surface area is 189 Å². The zero-order chi connectivity index (χ0) is 22.7. The number of carbonyl (C=O) groups excluding carboxylic acids is 1. The molecule has 1 heterocycles. The van der Waals surface area contributed by atoms with E-state index in [1.807, 2.05) is 6.92 Å². The molecule has 0 saturated heterocycles. The van der Waals surface area contributed by atoms with E-state index in [9.17, 15) is 9.59 Å². The number of fused-ring (bicyclic) bond motifs is 1. The van der Waals surface area contributed by atoms with Gasteiger partial charge < -0.3 is 13.9 Å². The predicted molar refractivity (Wildman–Crippen MR) is 125 cm³/mol. The Bertz CT molecular complexity index is 1380. The monoisotopic (exact) mass is 446 g/mol. The molecule has 3 aromatic carbocycles. The van der Waals surface area contributed by atoms with Crippen molar-refractivity contribution in [3.63, 3.8) is 0 Å². The van der Waals surface area contributed by atoms with Crippen molar-refractivity contribution < 1.29 is 18.7 Å². The Hall–Kier alpha value is -3.83. The summed E-state index contributed by atoms with van der Waals surface area (Å²) >= 11 is 6.12. The third-order valence-electron chi connectivity index (χ3n) is 4.87. The molecule has 0 fully saturated rings. The summed E-state index contributed by atoms with van der Waals surface area (Å²) < 4.78 is 16.7. The minimum atomic E-state index is -0.724. The van der Waals surface area contributed by atoms with Crippen molar-refractivity contribution in [1.82, 2.24) is 0 Å². The molecule has 0 aliphatic rings. The summed E-state index contributed by atoms with van der Waals surface area (Å²) in [6, 6.07) is 19.2. The second-order valence-corrected chi connectivity index (χ2v) is 7.50. The van der Waals surface area contributed by atoms with Crippen LogP contribution in [0, 0.1) is 6.92 Å². The van der Waals surface area contributed by atoms with Gasteiger partial charge in [0.25, 0.3) is 0 Å². The first-order chi connectivity index (χ1) is 15.5. The molecule has 0 N–H and O–H groups in total. The summed E-state index contributed by atoms with van der Waals surface area (Å²) in [6.07, 6.45) is 2.75. The van der Waals surface area contributed by atoms with Crippen LogP contribution in [-0.4, -0.2) is 13.1 Å². The van der Waals surface area contributed by atoms with Gasteiger partial charge >= 0.3 is 5.97 Å². The number of ether oxygens (including phenoxy) is 2. The molecule has 0 spiro atoms. The Balaban J connectivity index is 1.78. The highest BCUT2D eigenvalue weighted by atomic mass is 35.5. The number of esters is 1. The Morgan fingerprint density at radius 3 is 2.50 bits per heavy atom. The van der Waals surface area contributed by atoms with Gasteiger partial charge in [0.2, 0.25) is 11.2 Å². The van der Waals surface area contributed by atoms with E-state index in [1.54, 1.807) is 73.8 Å². The van der Waals surface area contributed by atoms with Gasteiger partial charge in [-0.25, -0.2) is 4.79 Å². The van der Waals surface area contributed by atoms with Gasteiger partial charge in [0, 0.05) is 16.7 Å². The highest BCUT2D eigenvalue weighted by Gasteiger charge is 2.20. The first-order valence-corrected chi connectivity index (χ1v) is 10.2. The minimum absolute atomic E-state index is 0.162. The van der Waals surface area contributed by atoms with Crippen LogP contribution < -0.4 is 14.9 Å². The van der Waals surface area contributed by atoms with Crippen molar-refractivity contribution in [3.05, 3.63) is 99.2 Å². The Morgan fingerprint density at radius 1 is 1.03 bits per heavy atom. The van der Waals surface area contributed by atoms with E-state index < -0.39 is 11.4 Å². The molecule has 0 radical (unpaired) electrons. The maximum absolute atomic E-state index is 13.2. The fourth-order valence-corrected chi connectivity index (χ4v) is 3.41. The molecule has 6 heteroatoms. The molecule has 5 nitrogen and oxygen atoms in total. The molecule has 0 aliphatic heterocycles. The first-order valence-electron chi connectivity index (χ1n) is 9.82. The normalized spacial score (nSPS) is 11.1. The summed E-state index contributed by atoms with van der Waals surface area (Å²) in [5.41, 5.74) is 2.14. The zero-order valence-electron chi connectivity index (χ0n) is 17.4. The fourth-order valence-electron chi connectivity index (χ4n) is 3.21. The van der Waals surface area contributed by atoms with Crippen molar-refractivity contribution in [2.75, 3.05) is 7.11 Å². The molecule has 4 rings (SSSR count). The van der Waals surface area contributed by atoms with Gasteiger partial charge in [-0.15, -0.1) is 0 Å². The number of aryl methyl sites for hydroxylation is 1. The van der Waals surface area contributed by atoms with Crippen molar-refractivity contribution in [3.8, 4) is 22.8 Å². The molecule has 160 valence electrons. The number of benzene rings is 3. The molecule has 0 aliphatic carbocycles. The summed E-state index contributed by atoms with van der Waals surface area (Å²) in [6.45, 7) is 1.90. The molecule has 1 aromatic heterocycles. The maximum Gasteiger partial charge on any atom is 0.336 e. The summed E-state index contributed by atoms with van der Waals surface area (Å²) in [4.78, 5) is 25.8. The number of halogens is 1. The SMILES string of the molecule is COc1ccc(-c2oc3cc(C)ccc3c(=O)c2OC(=O)/C=C/c2ccccc2Cl)cc1. The van der Waals surface area contributed by atoms with Crippen LogP contribution in [0.3, 0.4) is 0 Å². The molecule has 0 bridgehead atoms. The van der Waals surface area contributed by atoms with E-state index in [1.165, 1.54) is 12.2 Å². The molecule has 0 atom stereocenters. The summed E-state index contributed by atoms with van der Waals surface area (Å²) in [5, 5.41) is 0.821. The largest absolute Gasteiger partial charge is 0.497 e. The van der Waals surface area contributed by atoms with Gasteiger partial charge in [0.05, 0.1) is 12.5 Å². The smallest absolute Gasteiger partial charge is 0.336 e. The average Bonchev–Trinajstić information content (AvgIpc) is 2.80. The second-order valence-electron chi connectivity index (χ2n) is 7.09. The van der Waals surface area contributed by atoms with Crippen molar-refractivity contribution >= 4 is 34.6 Å². The molecule has 32 heavy (non-hydrogen) atoms. The molecule has 0 unspecified atom stereocenters. The van der Waals surface area contributed by atoms with Crippen LogP contribution >= 0.6 is 11.6 Å². The average molecular weight is 447 g/mol. The van der Waals surface area contributed by atoms with Crippen LogP contribution in [0.5, 0.6) is 11.5 Å². The molecule has 0 amide bonds. The Kier molecular flexibility index (Phi) is 6.10. The van der Waals surface area contributed by atoms with Gasteiger partial charge in [-0.05, 0) is 66.6 Å². The van der Waals surface area contributed by atoms with E-state index in [0.29, 0.717) is 32.9 Å². The lowest BCUT2D eigenvalue weighted by Gasteiger charge is -2.10. The highest BCUT2D eigenvalue weighted by molar-refractivity contribution is 6.32. The quantitative estimate of drug-likeness (QED) is 0.276. The van der Waals surface area contributed by atoms with E-state index in [2.05, 4.69) is 0 Å². The van der Waals surface area contributed by atoms with Gasteiger partial charge in [-0.1, -0.05) is 35.9 Å². The van der Waals surface area contributed by atoms with E-state index >= 15 is 0 Å². The lowest BCUT2D eigenvalue weighted by molar-refractivity contribution is -0.129. The predicted octanol–water partition coefficient (Wildman–Crippen LogP) is 6.05. The van der Waals surface area contributed by atoms with E-state index in [-0.39, 0.29) is 11.5 Å². The van der Waals surface area contributed by atoms with Crippen LogP contribution in [0.15, 0.2) is 82.0 Å². The molecule has 4 aromatic rings. The molecular formula is C26H19ClO5. The lowest BCUT2D eigenvalue weighted by atomic mass is 10.1. The van der Waals surface area contributed by atoms with Crippen LogP contribution in [0.4, 0.5) is 0 Å². The van der Waals surface area contributed by atoms with Gasteiger partial charge in [0.1, 0.15) is 11.3 Å². The summed E-state index contributed by atoms with van der Waals surface area (Å²) in [7, 11) is 1.56. The van der Waals surface area contributed by atoms with Crippen LogP contribution in [0.25, 0.3) is 28.4 Å². The third-order valence-corrected chi connectivity index (χ3v) is 5.21. The van der Waals surface area contributed by atoms with Crippen molar-refractivity contribution in [2.24, 2.45) is 0 Å². The molecule has 0 saturated carbocycles. The number of rotatable bonds is 5. The van der Waals surface area contributed by atoms with Crippen molar-refractivity contribution in [1.29, 1.82) is 0 Å². The second kappa shape index (κ2) is 9.12. The third kappa shape index (κ3) is 4.43. The number of hydrogen-bond acceptors (Lipinski definition) is 5. The highest BCUT2D eigenvalue weighted by Crippen LogP contribution is 2.32. The minimum Gasteiger partial charge on any atom is -0.497 e. The van der Waals surface area contributed by atoms with E-state index in [4.69, 9.17) is 25.5 Å². The molecular weight excluding hydrogens is 428 g/mol. The zero-order valence-corrected chi connectivity index (χ0v) is 18.2. The fraction of sp³-hybridized carbons (Fsp3) is 0.0769. The van der Waals surface area contributed by atoms with Gasteiger partial charge in [0.15, 0.2) is 5.76 Å². The first kappa shape index (κ1) is 21.4. The summed E-state index contributed by atoms with van der Waals surface area (Å²) in [5.74, 6) is -0.0945. The maximum atomic E-state index is 13.2. The standard InChI is InChI=1S/C26H19ClO5/c1-16-7-13-20-22(15-16)31-25(18-8-11-19(30-2)12-9-18)26(24(20)29)32-23(28)14-10-17-5-3-4-6-21(17)27/h3-15H,1-2H3/b14-10+. The van der Waals surface area contributed by atoms with Crippen molar-refractivity contribution in [2.45, 2.75) is 6.92 Å². The Morgan fingerprint density at radius 2 is 1.78 bits per heavy atom. The van der Waals surface area contributed by atoms with Crippen LogP contribution in [0.2, 0.25) is 5.02 Å². The van der Waals surface area contributed by atoms with E-state index in [0.717, 1.165) is 5.56 Å². The van der Waals surface area contributed by atoms with Crippen LogP contribution in [0.1, 0.15) is 11.1 Å².